The summed E-state index contributed by atoms with van der Waals surface area (Å²) in [7, 11) is 3.25. The largest absolute Gasteiger partial charge is 0.497 e. The zero-order chi connectivity index (χ0) is 23.0. The van der Waals surface area contributed by atoms with E-state index >= 15 is 0 Å². The van der Waals surface area contributed by atoms with E-state index < -0.39 is 0 Å². The number of rotatable bonds is 9. The van der Waals surface area contributed by atoms with Crippen molar-refractivity contribution < 1.29 is 14.3 Å². The van der Waals surface area contributed by atoms with Crippen molar-refractivity contribution in [3.63, 3.8) is 0 Å². The molecule has 33 heavy (non-hydrogen) atoms. The molecule has 0 saturated heterocycles. The molecule has 2 heterocycles. The standard InChI is InChI=1S/C24H24N6O3/c1-32-20-9-5-17(6-10-20)15-30-16-19(28-29-30)14-26-24(31)22-4-3-13-25-23(22)27-18-7-11-21(33-2)12-8-18/h3-13,16H,14-15H2,1-2H3,(H,25,27)(H,26,31). The van der Waals surface area contributed by atoms with Crippen LogP contribution in [-0.4, -0.2) is 40.1 Å². The molecule has 168 valence electrons. The first-order chi connectivity index (χ1) is 16.1. The van der Waals surface area contributed by atoms with E-state index in [0.717, 1.165) is 22.7 Å². The summed E-state index contributed by atoms with van der Waals surface area (Å²) in [6.45, 7) is 0.821. The molecule has 0 bridgehead atoms. The van der Waals surface area contributed by atoms with E-state index in [-0.39, 0.29) is 12.5 Å². The van der Waals surface area contributed by atoms with Crippen molar-refractivity contribution in [3.05, 3.63) is 89.9 Å². The molecule has 0 spiro atoms. The Kier molecular flexibility index (Phi) is 6.79. The van der Waals surface area contributed by atoms with Crippen LogP contribution in [0.4, 0.5) is 11.5 Å². The molecular weight excluding hydrogens is 420 g/mol. The zero-order valence-corrected chi connectivity index (χ0v) is 18.4. The molecule has 0 aliphatic rings. The van der Waals surface area contributed by atoms with Crippen LogP contribution in [0.15, 0.2) is 73.1 Å². The first-order valence-electron chi connectivity index (χ1n) is 10.3. The Morgan fingerprint density at radius 2 is 1.67 bits per heavy atom. The Bertz CT molecular complexity index is 1210. The van der Waals surface area contributed by atoms with E-state index in [1.807, 2.05) is 54.7 Å². The second-order valence-corrected chi connectivity index (χ2v) is 7.19. The van der Waals surface area contributed by atoms with Gasteiger partial charge in [-0.25, -0.2) is 9.67 Å². The number of nitrogens with one attached hydrogen (secondary N) is 2. The molecule has 9 heteroatoms. The molecule has 2 aromatic carbocycles. The van der Waals surface area contributed by atoms with Gasteiger partial charge >= 0.3 is 0 Å². The molecular formula is C24H24N6O3. The summed E-state index contributed by atoms with van der Waals surface area (Å²) in [5.74, 6) is 1.75. The molecule has 1 amide bonds. The summed E-state index contributed by atoms with van der Waals surface area (Å²) < 4.78 is 12.1. The summed E-state index contributed by atoms with van der Waals surface area (Å²) >= 11 is 0. The van der Waals surface area contributed by atoms with Crippen molar-refractivity contribution in [2.45, 2.75) is 13.1 Å². The van der Waals surface area contributed by atoms with Gasteiger partial charge < -0.3 is 20.1 Å². The average molecular weight is 444 g/mol. The lowest BCUT2D eigenvalue weighted by atomic mass is 10.2. The quantitative estimate of drug-likeness (QED) is 0.408. The smallest absolute Gasteiger partial charge is 0.255 e. The second-order valence-electron chi connectivity index (χ2n) is 7.19. The third kappa shape index (κ3) is 5.65. The first-order valence-corrected chi connectivity index (χ1v) is 10.3. The molecule has 0 radical (unpaired) electrons. The highest BCUT2D eigenvalue weighted by atomic mass is 16.5. The summed E-state index contributed by atoms with van der Waals surface area (Å²) in [5, 5.41) is 14.3. The van der Waals surface area contributed by atoms with Crippen molar-refractivity contribution in [1.82, 2.24) is 25.3 Å². The van der Waals surface area contributed by atoms with Gasteiger partial charge in [-0.15, -0.1) is 5.10 Å². The van der Waals surface area contributed by atoms with Gasteiger partial charge in [0.1, 0.15) is 23.0 Å². The van der Waals surface area contributed by atoms with Gasteiger partial charge in [0, 0.05) is 11.9 Å². The third-order valence-electron chi connectivity index (χ3n) is 4.92. The van der Waals surface area contributed by atoms with Crippen molar-refractivity contribution in [2.24, 2.45) is 0 Å². The molecule has 0 atom stereocenters. The lowest BCUT2D eigenvalue weighted by molar-refractivity contribution is 0.0951. The number of benzene rings is 2. The first kappa shape index (κ1) is 21.8. The van der Waals surface area contributed by atoms with Gasteiger partial charge in [-0.3, -0.25) is 4.79 Å². The maximum absolute atomic E-state index is 12.8. The van der Waals surface area contributed by atoms with Crippen LogP contribution in [0.5, 0.6) is 11.5 Å². The number of hydrogen-bond acceptors (Lipinski definition) is 7. The van der Waals surface area contributed by atoms with E-state index in [0.29, 0.717) is 23.6 Å². The minimum atomic E-state index is -0.260. The Morgan fingerprint density at radius 3 is 2.36 bits per heavy atom. The SMILES string of the molecule is COc1ccc(Cn2cc(CNC(=O)c3cccnc3Nc3ccc(OC)cc3)nn2)cc1. The fourth-order valence-corrected chi connectivity index (χ4v) is 3.18. The van der Waals surface area contributed by atoms with E-state index in [9.17, 15) is 4.79 Å². The minimum Gasteiger partial charge on any atom is -0.497 e. The summed E-state index contributed by atoms with van der Waals surface area (Å²) in [4.78, 5) is 17.1. The fraction of sp³-hybridized carbons (Fsp3) is 0.167. The molecule has 4 aromatic rings. The molecule has 2 aromatic heterocycles. The maximum atomic E-state index is 12.8. The number of carbonyl (C=O) groups is 1. The molecule has 4 rings (SSSR count). The molecule has 0 fully saturated rings. The predicted octanol–water partition coefficient (Wildman–Crippen LogP) is 3.41. The molecule has 0 saturated carbocycles. The second kappa shape index (κ2) is 10.3. The number of carbonyl (C=O) groups excluding carboxylic acids is 1. The van der Waals surface area contributed by atoms with Gasteiger partial charge in [0.15, 0.2) is 0 Å². The zero-order valence-electron chi connectivity index (χ0n) is 18.4. The number of pyridine rings is 1. The lowest BCUT2D eigenvalue weighted by Crippen LogP contribution is -2.24. The molecule has 0 unspecified atom stereocenters. The van der Waals surface area contributed by atoms with E-state index in [1.54, 1.807) is 37.2 Å². The van der Waals surface area contributed by atoms with Crippen molar-refractivity contribution in [2.75, 3.05) is 19.5 Å². The van der Waals surface area contributed by atoms with Gasteiger partial charge in [-0.2, -0.15) is 0 Å². The van der Waals surface area contributed by atoms with Crippen LogP contribution in [-0.2, 0) is 13.1 Å². The molecule has 9 nitrogen and oxygen atoms in total. The molecule has 0 aliphatic heterocycles. The monoisotopic (exact) mass is 444 g/mol. The Labute approximate surface area is 191 Å². The van der Waals surface area contributed by atoms with Crippen LogP contribution in [0.25, 0.3) is 0 Å². The van der Waals surface area contributed by atoms with Crippen LogP contribution in [0.1, 0.15) is 21.6 Å². The number of nitrogens with zero attached hydrogens (tertiary/aromatic N) is 4. The summed E-state index contributed by atoms with van der Waals surface area (Å²) in [6.07, 6.45) is 3.44. The van der Waals surface area contributed by atoms with E-state index in [2.05, 4.69) is 25.9 Å². The van der Waals surface area contributed by atoms with Crippen LogP contribution in [0.3, 0.4) is 0 Å². The minimum absolute atomic E-state index is 0.248. The van der Waals surface area contributed by atoms with Gasteiger partial charge in [0.25, 0.3) is 5.91 Å². The van der Waals surface area contributed by atoms with Gasteiger partial charge in [0.05, 0.1) is 39.1 Å². The highest BCUT2D eigenvalue weighted by molar-refractivity contribution is 5.99. The molecule has 2 N–H and O–H groups in total. The highest BCUT2D eigenvalue weighted by Crippen LogP contribution is 2.21. The summed E-state index contributed by atoms with van der Waals surface area (Å²) in [5.41, 5.74) is 2.95. The Morgan fingerprint density at radius 1 is 0.970 bits per heavy atom. The van der Waals surface area contributed by atoms with Crippen LogP contribution in [0, 0.1) is 0 Å². The number of ether oxygens (including phenoxy) is 2. The van der Waals surface area contributed by atoms with E-state index in [1.165, 1.54) is 0 Å². The predicted molar refractivity (Wildman–Crippen MR) is 124 cm³/mol. The highest BCUT2D eigenvalue weighted by Gasteiger charge is 2.13. The van der Waals surface area contributed by atoms with Crippen LogP contribution in [0.2, 0.25) is 0 Å². The normalized spacial score (nSPS) is 10.5. The molecule has 0 aliphatic carbocycles. The maximum Gasteiger partial charge on any atom is 0.255 e. The van der Waals surface area contributed by atoms with Crippen molar-refractivity contribution in [3.8, 4) is 11.5 Å². The number of aromatic nitrogens is 4. The number of hydrogen-bond donors (Lipinski definition) is 2. The van der Waals surface area contributed by atoms with Gasteiger partial charge in [-0.1, -0.05) is 17.3 Å². The average Bonchev–Trinajstić information content (AvgIpc) is 3.31. The lowest BCUT2D eigenvalue weighted by Gasteiger charge is -2.11. The van der Waals surface area contributed by atoms with Gasteiger partial charge in [0.2, 0.25) is 0 Å². The van der Waals surface area contributed by atoms with Crippen molar-refractivity contribution in [1.29, 1.82) is 0 Å². The number of methoxy groups -OCH3 is 2. The number of amides is 1. The van der Waals surface area contributed by atoms with Crippen LogP contribution < -0.4 is 20.1 Å². The van der Waals surface area contributed by atoms with Crippen molar-refractivity contribution >= 4 is 17.4 Å². The fourth-order valence-electron chi connectivity index (χ4n) is 3.18. The third-order valence-corrected chi connectivity index (χ3v) is 4.92. The van der Waals surface area contributed by atoms with Crippen LogP contribution >= 0.6 is 0 Å². The Hall–Kier alpha value is -4.40. The van der Waals surface area contributed by atoms with Gasteiger partial charge in [-0.05, 0) is 54.1 Å². The van der Waals surface area contributed by atoms with E-state index in [4.69, 9.17) is 9.47 Å². The topological polar surface area (TPSA) is 103 Å². The summed E-state index contributed by atoms with van der Waals surface area (Å²) in [6, 6.07) is 18.6. The number of anilines is 2. The Balaban J connectivity index is 1.37.